The second-order valence-electron chi connectivity index (χ2n) is 11.1. The van der Waals surface area contributed by atoms with Crippen LogP contribution in [0.4, 0.5) is 10.6 Å². The van der Waals surface area contributed by atoms with E-state index in [0.29, 0.717) is 30.6 Å². The number of ether oxygens (including phenoxy) is 2. The summed E-state index contributed by atoms with van der Waals surface area (Å²) in [6.07, 6.45) is 5.24. The molecule has 2 fully saturated rings. The number of carbonyl (C=O) groups is 1. The summed E-state index contributed by atoms with van der Waals surface area (Å²) in [5, 5.41) is 23.8. The predicted octanol–water partition coefficient (Wildman–Crippen LogP) is 4.01. The van der Waals surface area contributed by atoms with Gasteiger partial charge in [-0.15, -0.1) is 5.10 Å². The lowest BCUT2D eigenvalue weighted by Crippen LogP contribution is -2.57. The summed E-state index contributed by atoms with van der Waals surface area (Å²) in [7, 11) is 0. The SMILES string of the molecule is CC(O)CCOc1nn2cccc(-c3ccc(N4CC5CCC(C4)N5C(=O)OC(C)(C)C)nc3)c2c1C#N. The zero-order chi connectivity index (χ0) is 27.0. The Bertz CT molecular complexity index is 1340. The number of amides is 1. The van der Waals surface area contributed by atoms with E-state index >= 15 is 0 Å². The third kappa shape index (κ3) is 5.11. The predicted molar refractivity (Wildman–Crippen MR) is 142 cm³/mol. The van der Waals surface area contributed by atoms with E-state index in [1.807, 2.05) is 56.1 Å². The Morgan fingerprint density at radius 1 is 1.24 bits per heavy atom. The van der Waals surface area contributed by atoms with Gasteiger partial charge in [-0.1, -0.05) is 6.07 Å². The van der Waals surface area contributed by atoms with E-state index < -0.39 is 11.7 Å². The van der Waals surface area contributed by atoms with Crippen molar-refractivity contribution in [1.82, 2.24) is 19.5 Å². The van der Waals surface area contributed by atoms with Gasteiger partial charge in [0.05, 0.1) is 30.3 Å². The highest BCUT2D eigenvalue weighted by atomic mass is 16.6. The fraction of sp³-hybridized carbons (Fsp3) is 0.500. The van der Waals surface area contributed by atoms with Crippen molar-refractivity contribution in [3.05, 3.63) is 42.2 Å². The normalized spacial score (nSPS) is 19.9. The van der Waals surface area contributed by atoms with Gasteiger partial charge in [-0.2, -0.15) is 5.26 Å². The van der Waals surface area contributed by atoms with E-state index in [-0.39, 0.29) is 30.7 Å². The van der Waals surface area contributed by atoms with Crippen LogP contribution in [-0.4, -0.2) is 74.2 Å². The molecule has 2 bridgehead atoms. The van der Waals surface area contributed by atoms with Gasteiger partial charge in [0.25, 0.3) is 5.88 Å². The van der Waals surface area contributed by atoms with Crippen molar-refractivity contribution in [2.75, 3.05) is 24.6 Å². The summed E-state index contributed by atoms with van der Waals surface area (Å²) in [5.74, 6) is 1.11. The topological polar surface area (TPSA) is 116 Å². The minimum atomic E-state index is -0.514. The third-order valence-corrected chi connectivity index (χ3v) is 6.98. The second kappa shape index (κ2) is 10.1. The smallest absolute Gasteiger partial charge is 0.410 e. The number of nitrogens with zero attached hydrogens (tertiary/aromatic N) is 6. The minimum Gasteiger partial charge on any atom is -0.476 e. The molecule has 1 N–H and O–H groups in total. The molecular weight excluding hydrogens is 484 g/mol. The zero-order valence-corrected chi connectivity index (χ0v) is 22.3. The van der Waals surface area contributed by atoms with Crippen LogP contribution in [0.2, 0.25) is 0 Å². The van der Waals surface area contributed by atoms with Gasteiger partial charge in [0.1, 0.15) is 23.1 Å². The van der Waals surface area contributed by atoms with E-state index in [9.17, 15) is 15.2 Å². The van der Waals surface area contributed by atoms with Gasteiger partial charge in [-0.25, -0.2) is 14.3 Å². The first-order valence-corrected chi connectivity index (χ1v) is 13.1. The Morgan fingerprint density at radius 3 is 2.58 bits per heavy atom. The number of nitriles is 1. The largest absolute Gasteiger partial charge is 0.476 e. The minimum absolute atomic E-state index is 0.107. The molecule has 200 valence electrons. The van der Waals surface area contributed by atoms with Gasteiger partial charge in [-0.3, -0.25) is 4.90 Å². The number of hydrogen-bond donors (Lipinski definition) is 1. The Morgan fingerprint density at radius 2 is 1.97 bits per heavy atom. The van der Waals surface area contributed by atoms with Gasteiger partial charge in [0, 0.05) is 43.0 Å². The Balaban J connectivity index is 1.35. The number of piperazine rings is 1. The standard InChI is InChI=1S/C28H34N6O4/c1-18(35)11-13-37-26-23(14-29)25-22(6-5-12-33(25)31-26)19-7-10-24(30-15-19)32-16-20-8-9-21(17-32)34(20)27(36)38-28(2,3)4/h5-7,10,12,15,18,20-21,35H,8-9,11,13,16-17H2,1-4H3. The average Bonchev–Trinajstić information content (AvgIpc) is 3.36. The first-order valence-electron chi connectivity index (χ1n) is 13.1. The summed E-state index contributed by atoms with van der Waals surface area (Å²) < 4.78 is 13.0. The van der Waals surface area contributed by atoms with Gasteiger partial charge >= 0.3 is 6.09 Å². The van der Waals surface area contributed by atoms with E-state index in [4.69, 9.17) is 14.5 Å². The molecule has 3 unspecified atom stereocenters. The quantitative estimate of drug-likeness (QED) is 0.520. The maximum Gasteiger partial charge on any atom is 0.410 e. The number of aliphatic hydroxyl groups excluding tert-OH is 1. The lowest BCUT2D eigenvalue weighted by molar-refractivity contribution is 0.0122. The molecule has 0 spiro atoms. The van der Waals surface area contributed by atoms with Crippen molar-refractivity contribution in [3.63, 3.8) is 0 Å². The molecule has 38 heavy (non-hydrogen) atoms. The number of anilines is 1. The number of aromatic nitrogens is 3. The second-order valence-corrected chi connectivity index (χ2v) is 11.1. The van der Waals surface area contributed by atoms with E-state index in [1.54, 1.807) is 17.6 Å². The zero-order valence-electron chi connectivity index (χ0n) is 22.3. The summed E-state index contributed by atoms with van der Waals surface area (Å²) in [6, 6.07) is 10.2. The van der Waals surface area contributed by atoms with Crippen LogP contribution in [0.5, 0.6) is 5.88 Å². The van der Waals surface area contributed by atoms with Crippen molar-refractivity contribution < 1.29 is 19.4 Å². The molecular formula is C28H34N6O4. The van der Waals surface area contributed by atoms with Crippen molar-refractivity contribution >= 4 is 17.4 Å². The van der Waals surface area contributed by atoms with Gasteiger partial charge in [0.2, 0.25) is 0 Å². The van der Waals surface area contributed by atoms with Crippen LogP contribution in [0.15, 0.2) is 36.7 Å². The molecule has 0 radical (unpaired) electrons. The van der Waals surface area contributed by atoms with Crippen LogP contribution in [0.3, 0.4) is 0 Å². The third-order valence-electron chi connectivity index (χ3n) is 6.98. The highest BCUT2D eigenvalue weighted by molar-refractivity contribution is 5.85. The number of carbonyl (C=O) groups excluding carboxylic acids is 1. The van der Waals surface area contributed by atoms with Crippen LogP contribution in [0.1, 0.15) is 52.5 Å². The molecule has 0 saturated carbocycles. The van der Waals surface area contributed by atoms with Gasteiger partial charge in [0.15, 0.2) is 0 Å². The highest BCUT2D eigenvalue weighted by Crippen LogP contribution is 2.35. The summed E-state index contributed by atoms with van der Waals surface area (Å²) in [5.41, 5.74) is 2.18. The number of rotatable bonds is 6. The first-order chi connectivity index (χ1) is 18.1. The summed E-state index contributed by atoms with van der Waals surface area (Å²) >= 11 is 0. The lowest BCUT2D eigenvalue weighted by Gasteiger charge is -2.41. The molecule has 10 heteroatoms. The van der Waals surface area contributed by atoms with Crippen LogP contribution < -0.4 is 9.64 Å². The summed E-state index contributed by atoms with van der Waals surface area (Å²) in [6.45, 7) is 9.07. The van der Waals surface area contributed by atoms with Crippen LogP contribution >= 0.6 is 0 Å². The Kier molecular flexibility index (Phi) is 6.88. The molecule has 10 nitrogen and oxygen atoms in total. The molecule has 3 aromatic heterocycles. The maximum absolute atomic E-state index is 12.8. The fourth-order valence-corrected chi connectivity index (χ4v) is 5.28. The number of fused-ring (bicyclic) bond motifs is 3. The lowest BCUT2D eigenvalue weighted by atomic mass is 10.1. The molecule has 2 aliphatic heterocycles. The van der Waals surface area contributed by atoms with Crippen molar-refractivity contribution in [2.24, 2.45) is 0 Å². The maximum atomic E-state index is 12.8. The molecule has 5 heterocycles. The Hall–Kier alpha value is -3.84. The van der Waals surface area contributed by atoms with Crippen LogP contribution in [-0.2, 0) is 4.74 Å². The Labute approximate surface area is 222 Å². The van der Waals surface area contributed by atoms with E-state index in [2.05, 4.69) is 16.1 Å². The molecule has 2 aliphatic rings. The molecule has 0 aromatic carbocycles. The van der Waals surface area contributed by atoms with Crippen LogP contribution in [0, 0.1) is 11.3 Å². The van der Waals surface area contributed by atoms with Gasteiger partial charge < -0.3 is 19.5 Å². The summed E-state index contributed by atoms with van der Waals surface area (Å²) in [4.78, 5) is 21.7. The number of hydrogen-bond acceptors (Lipinski definition) is 8. The van der Waals surface area contributed by atoms with Crippen molar-refractivity contribution in [2.45, 2.75) is 70.7 Å². The molecule has 3 aromatic rings. The first kappa shape index (κ1) is 25.8. The molecule has 2 saturated heterocycles. The molecule has 1 amide bonds. The average molecular weight is 519 g/mol. The monoisotopic (exact) mass is 518 g/mol. The highest BCUT2D eigenvalue weighted by Gasteiger charge is 2.44. The molecule has 5 rings (SSSR count). The molecule has 3 atom stereocenters. The van der Waals surface area contributed by atoms with E-state index in [0.717, 1.165) is 29.8 Å². The molecule has 0 aliphatic carbocycles. The van der Waals surface area contributed by atoms with Crippen molar-refractivity contribution in [3.8, 4) is 23.1 Å². The van der Waals surface area contributed by atoms with E-state index in [1.165, 1.54) is 0 Å². The van der Waals surface area contributed by atoms with Crippen molar-refractivity contribution in [1.29, 1.82) is 5.26 Å². The van der Waals surface area contributed by atoms with Crippen LogP contribution in [0.25, 0.3) is 16.6 Å². The number of aliphatic hydroxyl groups is 1. The van der Waals surface area contributed by atoms with Gasteiger partial charge in [-0.05, 0) is 58.7 Å². The number of pyridine rings is 2. The fourth-order valence-electron chi connectivity index (χ4n) is 5.28.